The van der Waals surface area contributed by atoms with Crippen LogP contribution in [0.2, 0.25) is 0 Å². The SMILES string of the molecule is Cc1cc(C(=O)N2CC3(CC(OCc4cccnc4)CCO3)C2)cc(C)n1. The van der Waals surface area contributed by atoms with Gasteiger partial charge < -0.3 is 14.4 Å². The molecule has 0 N–H and O–H groups in total. The number of carbonyl (C=O) groups is 1. The summed E-state index contributed by atoms with van der Waals surface area (Å²) in [5, 5.41) is 0. The largest absolute Gasteiger partial charge is 0.373 e. The number of rotatable bonds is 4. The molecule has 2 aromatic rings. The first-order chi connectivity index (χ1) is 13.0. The second-order valence-corrected chi connectivity index (χ2v) is 7.62. The molecule has 1 spiro atoms. The molecule has 2 aliphatic rings. The molecule has 1 unspecified atom stereocenters. The van der Waals surface area contributed by atoms with E-state index in [0.717, 1.165) is 29.8 Å². The Labute approximate surface area is 159 Å². The summed E-state index contributed by atoms with van der Waals surface area (Å²) in [6, 6.07) is 7.64. The molecule has 2 fully saturated rings. The van der Waals surface area contributed by atoms with Crippen LogP contribution in [0.3, 0.4) is 0 Å². The first-order valence-electron chi connectivity index (χ1n) is 9.42. The Morgan fingerprint density at radius 2 is 2.11 bits per heavy atom. The van der Waals surface area contributed by atoms with Crippen LogP contribution in [0.25, 0.3) is 0 Å². The third kappa shape index (κ3) is 4.01. The molecular weight excluding hydrogens is 342 g/mol. The summed E-state index contributed by atoms with van der Waals surface area (Å²) in [5.74, 6) is 0.0521. The monoisotopic (exact) mass is 367 g/mol. The number of hydrogen-bond acceptors (Lipinski definition) is 5. The highest BCUT2D eigenvalue weighted by atomic mass is 16.5. The minimum Gasteiger partial charge on any atom is -0.373 e. The van der Waals surface area contributed by atoms with Gasteiger partial charge in [0.25, 0.3) is 5.91 Å². The van der Waals surface area contributed by atoms with Gasteiger partial charge >= 0.3 is 0 Å². The minimum atomic E-state index is -0.259. The normalized spacial score (nSPS) is 21.1. The fraction of sp³-hybridized carbons (Fsp3) is 0.476. The second kappa shape index (κ2) is 7.37. The number of nitrogens with zero attached hydrogens (tertiary/aromatic N) is 3. The van der Waals surface area contributed by atoms with Crippen LogP contribution in [0.4, 0.5) is 0 Å². The number of pyridine rings is 2. The van der Waals surface area contributed by atoms with E-state index in [9.17, 15) is 4.79 Å². The van der Waals surface area contributed by atoms with Crippen LogP contribution in [0, 0.1) is 13.8 Å². The first kappa shape index (κ1) is 18.1. The summed E-state index contributed by atoms with van der Waals surface area (Å²) < 4.78 is 12.1. The third-order valence-electron chi connectivity index (χ3n) is 5.23. The van der Waals surface area contributed by atoms with Gasteiger partial charge in [0, 0.05) is 42.4 Å². The van der Waals surface area contributed by atoms with Crippen LogP contribution in [0.15, 0.2) is 36.7 Å². The van der Waals surface area contributed by atoms with E-state index in [1.165, 1.54) is 0 Å². The summed E-state index contributed by atoms with van der Waals surface area (Å²) in [7, 11) is 0. The lowest BCUT2D eigenvalue weighted by Gasteiger charge is -2.53. The lowest BCUT2D eigenvalue weighted by molar-refractivity contribution is -0.188. The zero-order valence-electron chi connectivity index (χ0n) is 15.9. The first-order valence-corrected chi connectivity index (χ1v) is 9.42. The van der Waals surface area contributed by atoms with Crippen molar-refractivity contribution in [2.24, 2.45) is 0 Å². The van der Waals surface area contributed by atoms with E-state index < -0.39 is 0 Å². The van der Waals surface area contributed by atoms with Crippen LogP contribution in [0.5, 0.6) is 0 Å². The molecule has 6 heteroatoms. The fourth-order valence-corrected chi connectivity index (χ4v) is 3.98. The van der Waals surface area contributed by atoms with Crippen molar-refractivity contribution in [1.29, 1.82) is 0 Å². The fourth-order valence-electron chi connectivity index (χ4n) is 3.98. The number of amides is 1. The molecule has 6 nitrogen and oxygen atoms in total. The van der Waals surface area contributed by atoms with Crippen LogP contribution in [-0.2, 0) is 16.1 Å². The highest BCUT2D eigenvalue weighted by Crippen LogP contribution is 2.36. The topological polar surface area (TPSA) is 64.6 Å². The van der Waals surface area contributed by atoms with Crippen molar-refractivity contribution in [3.8, 4) is 0 Å². The van der Waals surface area contributed by atoms with Crippen molar-refractivity contribution >= 4 is 5.91 Å². The molecular formula is C21H25N3O3. The smallest absolute Gasteiger partial charge is 0.254 e. The van der Waals surface area contributed by atoms with Crippen LogP contribution in [-0.4, -0.2) is 52.2 Å². The van der Waals surface area contributed by atoms with E-state index in [4.69, 9.17) is 9.47 Å². The Morgan fingerprint density at radius 1 is 1.33 bits per heavy atom. The van der Waals surface area contributed by atoms with E-state index in [-0.39, 0.29) is 17.6 Å². The van der Waals surface area contributed by atoms with E-state index in [1.54, 1.807) is 6.20 Å². The van der Waals surface area contributed by atoms with Gasteiger partial charge in [-0.25, -0.2) is 0 Å². The van der Waals surface area contributed by atoms with Crippen LogP contribution >= 0.6 is 0 Å². The Morgan fingerprint density at radius 3 is 2.81 bits per heavy atom. The van der Waals surface area contributed by atoms with Crippen molar-refractivity contribution < 1.29 is 14.3 Å². The molecule has 0 aliphatic carbocycles. The standard InChI is InChI=1S/C21H25N3O3/c1-15-8-18(9-16(2)23-15)20(25)24-13-21(14-24)10-19(5-7-27-21)26-12-17-4-3-6-22-11-17/h3-4,6,8-9,11,19H,5,7,10,12-14H2,1-2H3. The molecule has 4 rings (SSSR count). The number of aromatic nitrogens is 2. The zero-order chi connectivity index (χ0) is 18.9. The van der Waals surface area contributed by atoms with Gasteiger partial charge in [0.2, 0.25) is 0 Å². The maximum Gasteiger partial charge on any atom is 0.254 e. The number of likely N-dealkylation sites (tertiary alicyclic amines) is 1. The van der Waals surface area contributed by atoms with Gasteiger partial charge in [-0.15, -0.1) is 0 Å². The molecule has 142 valence electrons. The highest BCUT2D eigenvalue weighted by Gasteiger charge is 2.49. The predicted octanol–water partition coefficient (Wildman–Crippen LogP) is 2.68. The van der Waals surface area contributed by atoms with Crippen molar-refractivity contribution in [2.45, 2.75) is 45.0 Å². The van der Waals surface area contributed by atoms with Gasteiger partial charge in [0.15, 0.2) is 0 Å². The number of aryl methyl sites for hydroxylation is 2. The third-order valence-corrected chi connectivity index (χ3v) is 5.23. The second-order valence-electron chi connectivity index (χ2n) is 7.62. The predicted molar refractivity (Wildman–Crippen MR) is 100 cm³/mol. The number of hydrogen-bond donors (Lipinski definition) is 0. The van der Waals surface area contributed by atoms with Gasteiger partial charge in [0.05, 0.1) is 25.8 Å². The van der Waals surface area contributed by atoms with E-state index in [2.05, 4.69) is 9.97 Å². The summed E-state index contributed by atoms with van der Waals surface area (Å²) in [6.07, 6.45) is 5.46. The van der Waals surface area contributed by atoms with E-state index in [0.29, 0.717) is 31.9 Å². The summed E-state index contributed by atoms with van der Waals surface area (Å²) in [6.45, 7) is 6.31. The Bertz CT molecular complexity index is 798. The van der Waals surface area contributed by atoms with Crippen LogP contribution in [0.1, 0.15) is 40.2 Å². The van der Waals surface area contributed by atoms with Gasteiger partial charge in [-0.2, -0.15) is 0 Å². The van der Waals surface area contributed by atoms with Crippen molar-refractivity contribution in [3.05, 3.63) is 59.2 Å². The minimum absolute atomic E-state index is 0.0521. The quantitative estimate of drug-likeness (QED) is 0.831. The lowest BCUT2D eigenvalue weighted by Crippen LogP contribution is -2.67. The molecule has 2 aliphatic heterocycles. The van der Waals surface area contributed by atoms with Gasteiger partial charge in [0.1, 0.15) is 5.60 Å². The molecule has 0 radical (unpaired) electrons. The number of carbonyl (C=O) groups excluding carboxylic acids is 1. The van der Waals surface area contributed by atoms with Crippen molar-refractivity contribution in [3.63, 3.8) is 0 Å². The molecule has 1 amide bonds. The van der Waals surface area contributed by atoms with Crippen molar-refractivity contribution in [1.82, 2.24) is 14.9 Å². The molecule has 0 aromatic carbocycles. The van der Waals surface area contributed by atoms with E-state index in [1.807, 2.05) is 49.2 Å². The Balaban J connectivity index is 1.33. The van der Waals surface area contributed by atoms with Crippen molar-refractivity contribution in [2.75, 3.05) is 19.7 Å². The Kier molecular flexibility index (Phi) is 4.93. The maximum absolute atomic E-state index is 12.8. The van der Waals surface area contributed by atoms with Gasteiger partial charge in [-0.3, -0.25) is 14.8 Å². The molecule has 0 saturated carbocycles. The molecule has 1 atom stereocenters. The Hall–Kier alpha value is -2.31. The molecule has 2 saturated heterocycles. The molecule has 2 aromatic heterocycles. The van der Waals surface area contributed by atoms with E-state index >= 15 is 0 Å². The zero-order valence-corrected chi connectivity index (χ0v) is 15.9. The molecule has 0 bridgehead atoms. The maximum atomic E-state index is 12.8. The lowest BCUT2D eigenvalue weighted by atomic mass is 9.84. The summed E-state index contributed by atoms with van der Waals surface area (Å²) >= 11 is 0. The highest BCUT2D eigenvalue weighted by molar-refractivity contribution is 5.95. The van der Waals surface area contributed by atoms with Gasteiger partial charge in [-0.1, -0.05) is 6.07 Å². The van der Waals surface area contributed by atoms with Crippen LogP contribution < -0.4 is 0 Å². The number of ether oxygens (including phenoxy) is 2. The van der Waals surface area contributed by atoms with Gasteiger partial charge in [-0.05, 0) is 44.0 Å². The summed E-state index contributed by atoms with van der Waals surface area (Å²) in [4.78, 5) is 23.1. The molecule has 4 heterocycles. The summed E-state index contributed by atoms with van der Waals surface area (Å²) in [5.41, 5.74) is 3.25. The average molecular weight is 367 g/mol. The molecule has 27 heavy (non-hydrogen) atoms. The average Bonchev–Trinajstić information content (AvgIpc) is 2.64.